The highest BCUT2D eigenvalue weighted by Crippen LogP contribution is 2.25. The Hall–Kier alpha value is -2.68. The third-order valence-corrected chi connectivity index (χ3v) is 6.31. The first-order valence-electron chi connectivity index (χ1n) is 9.15. The Morgan fingerprint density at radius 1 is 1.23 bits per heavy atom. The number of halogens is 1. The molecule has 2 aromatic carbocycles. The molecular weight excluding hydrogens is 438 g/mol. The van der Waals surface area contributed by atoms with E-state index in [0.29, 0.717) is 10.8 Å². The van der Waals surface area contributed by atoms with E-state index < -0.39 is 0 Å². The van der Waals surface area contributed by atoms with Gasteiger partial charge < -0.3 is 5.32 Å². The zero-order valence-electron chi connectivity index (χ0n) is 16.1. The second kappa shape index (κ2) is 9.42. The Bertz CT molecular complexity index is 1160. The van der Waals surface area contributed by atoms with Crippen molar-refractivity contribution in [1.29, 1.82) is 0 Å². The summed E-state index contributed by atoms with van der Waals surface area (Å²) in [6.45, 7) is 2.01. The second-order valence-corrected chi connectivity index (χ2v) is 8.90. The van der Waals surface area contributed by atoms with Crippen LogP contribution >= 0.6 is 34.7 Å². The fourth-order valence-corrected chi connectivity index (χ4v) is 4.64. The van der Waals surface area contributed by atoms with Crippen LogP contribution in [-0.2, 0) is 17.0 Å². The molecule has 2 aromatic heterocycles. The van der Waals surface area contributed by atoms with Crippen molar-refractivity contribution in [1.82, 2.24) is 19.7 Å². The molecule has 0 radical (unpaired) electrons. The number of anilines is 1. The maximum Gasteiger partial charge on any atom is 0.231 e. The Morgan fingerprint density at radius 2 is 2.07 bits per heavy atom. The van der Waals surface area contributed by atoms with Gasteiger partial charge in [-0.2, -0.15) is 0 Å². The van der Waals surface area contributed by atoms with Crippen LogP contribution in [0.25, 0.3) is 5.69 Å². The van der Waals surface area contributed by atoms with Crippen molar-refractivity contribution in [3.8, 4) is 5.69 Å². The van der Waals surface area contributed by atoms with Gasteiger partial charge in [0, 0.05) is 21.8 Å². The molecule has 4 aromatic rings. The quantitative estimate of drug-likeness (QED) is 0.390. The minimum atomic E-state index is -0.0758. The first kappa shape index (κ1) is 20.6. The lowest BCUT2D eigenvalue weighted by Gasteiger charge is -2.06. The third kappa shape index (κ3) is 5.27. The second-order valence-electron chi connectivity index (χ2n) is 6.58. The molecular formula is C21H18ClN5OS2. The number of hydrogen-bond donors (Lipinski definition) is 1. The molecule has 2 heterocycles. The number of aryl methyl sites for hydroxylation is 1. The van der Waals surface area contributed by atoms with E-state index in [2.05, 4.69) is 20.5 Å². The lowest BCUT2D eigenvalue weighted by molar-refractivity contribution is -0.115. The molecule has 0 aliphatic heterocycles. The fraction of sp³-hybridized carbons (Fsp3) is 0.143. The lowest BCUT2D eigenvalue weighted by atomic mass is 10.2. The average Bonchev–Trinajstić information content (AvgIpc) is 3.37. The van der Waals surface area contributed by atoms with Gasteiger partial charge in [0.2, 0.25) is 5.91 Å². The summed E-state index contributed by atoms with van der Waals surface area (Å²) < 4.78 is 1.89. The van der Waals surface area contributed by atoms with Crippen molar-refractivity contribution < 1.29 is 4.79 Å². The average molecular weight is 456 g/mol. The summed E-state index contributed by atoms with van der Waals surface area (Å²) in [7, 11) is 0. The van der Waals surface area contributed by atoms with E-state index in [1.54, 1.807) is 6.33 Å². The molecule has 0 fully saturated rings. The van der Waals surface area contributed by atoms with Crippen LogP contribution in [0.2, 0.25) is 5.02 Å². The van der Waals surface area contributed by atoms with Gasteiger partial charge in [0.05, 0.1) is 17.8 Å². The smallest absolute Gasteiger partial charge is 0.231 e. The highest BCUT2D eigenvalue weighted by atomic mass is 35.5. The van der Waals surface area contributed by atoms with Crippen LogP contribution in [-0.4, -0.2) is 25.7 Å². The monoisotopic (exact) mass is 455 g/mol. The number of hydrogen-bond acceptors (Lipinski definition) is 6. The van der Waals surface area contributed by atoms with E-state index in [-0.39, 0.29) is 12.3 Å². The van der Waals surface area contributed by atoms with Gasteiger partial charge in [0.1, 0.15) is 11.3 Å². The zero-order valence-corrected chi connectivity index (χ0v) is 18.5. The molecule has 0 aliphatic carbocycles. The number of amides is 1. The number of benzene rings is 2. The molecule has 0 saturated carbocycles. The van der Waals surface area contributed by atoms with Crippen LogP contribution in [0.15, 0.2) is 65.4 Å². The van der Waals surface area contributed by atoms with Gasteiger partial charge in [0.15, 0.2) is 5.16 Å². The summed E-state index contributed by atoms with van der Waals surface area (Å²) in [6, 6.07) is 15.3. The molecule has 0 atom stereocenters. The van der Waals surface area contributed by atoms with Crippen LogP contribution < -0.4 is 5.32 Å². The predicted octanol–water partition coefficient (Wildman–Crippen LogP) is 5.16. The minimum Gasteiger partial charge on any atom is -0.326 e. The zero-order chi connectivity index (χ0) is 20.9. The molecule has 0 bridgehead atoms. The maximum atomic E-state index is 12.3. The summed E-state index contributed by atoms with van der Waals surface area (Å²) in [5, 5.41) is 15.3. The number of nitrogens with zero attached hydrogens (tertiary/aromatic N) is 4. The Morgan fingerprint density at radius 3 is 2.87 bits per heavy atom. The molecule has 152 valence electrons. The van der Waals surface area contributed by atoms with Crippen molar-refractivity contribution >= 4 is 46.3 Å². The minimum absolute atomic E-state index is 0.0758. The van der Waals surface area contributed by atoms with Crippen molar-refractivity contribution in [2.45, 2.75) is 24.3 Å². The Balaban J connectivity index is 1.35. The van der Waals surface area contributed by atoms with Crippen molar-refractivity contribution in [3.63, 3.8) is 0 Å². The summed E-state index contributed by atoms with van der Waals surface area (Å²) >= 11 is 9.11. The van der Waals surface area contributed by atoms with Crippen LogP contribution in [0.3, 0.4) is 0 Å². The van der Waals surface area contributed by atoms with Crippen molar-refractivity contribution in [3.05, 3.63) is 81.5 Å². The topological polar surface area (TPSA) is 72.7 Å². The summed E-state index contributed by atoms with van der Waals surface area (Å²) in [5.74, 6) is 0.558. The predicted molar refractivity (Wildman–Crippen MR) is 122 cm³/mol. The first-order chi connectivity index (χ1) is 14.6. The SMILES string of the molecule is Cc1ccc(NC(=O)Cc2nc(CSc3nncn3-c3cccc(Cl)c3)cs2)cc1. The fourth-order valence-electron chi connectivity index (χ4n) is 2.74. The number of rotatable bonds is 7. The highest BCUT2D eigenvalue weighted by Gasteiger charge is 2.12. The number of thiazole rings is 1. The molecule has 30 heavy (non-hydrogen) atoms. The first-order valence-corrected chi connectivity index (χ1v) is 11.4. The molecule has 0 unspecified atom stereocenters. The molecule has 1 N–H and O–H groups in total. The largest absolute Gasteiger partial charge is 0.326 e. The number of carbonyl (C=O) groups excluding carboxylic acids is 1. The standard InChI is InChI=1S/C21H18ClN5OS2/c1-14-5-7-16(8-6-14)24-19(28)10-20-25-17(11-29-20)12-30-21-26-23-13-27(21)18-4-2-3-15(22)9-18/h2-9,11,13H,10,12H2,1H3,(H,24,28). The van der Waals surface area contributed by atoms with Gasteiger partial charge >= 0.3 is 0 Å². The highest BCUT2D eigenvalue weighted by molar-refractivity contribution is 7.98. The van der Waals surface area contributed by atoms with Crippen molar-refractivity contribution in [2.75, 3.05) is 5.32 Å². The molecule has 0 spiro atoms. The van der Waals surface area contributed by atoms with Crippen LogP contribution in [0, 0.1) is 6.92 Å². The van der Waals surface area contributed by atoms with Gasteiger partial charge in [-0.1, -0.05) is 47.1 Å². The van der Waals surface area contributed by atoms with E-state index >= 15 is 0 Å². The summed E-state index contributed by atoms with van der Waals surface area (Å²) in [4.78, 5) is 16.8. The van der Waals surface area contributed by atoms with Crippen LogP contribution in [0.4, 0.5) is 5.69 Å². The molecule has 0 aliphatic rings. The lowest BCUT2D eigenvalue weighted by Crippen LogP contribution is -2.14. The van der Waals surface area contributed by atoms with Crippen molar-refractivity contribution in [2.24, 2.45) is 0 Å². The Labute approximate surface area is 187 Å². The molecule has 1 amide bonds. The number of nitrogens with one attached hydrogen (secondary N) is 1. The number of thioether (sulfide) groups is 1. The number of carbonyl (C=O) groups is 1. The summed E-state index contributed by atoms with van der Waals surface area (Å²) in [6.07, 6.45) is 1.91. The van der Waals surface area contributed by atoms with Gasteiger partial charge in [0.25, 0.3) is 0 Å². The van der Waals surface area contributed by atoms with E-state index in [1.165, 1.54) is 23.1 Å². The molecule has 4 rings (SSSR count). The van der Waals surface area contributed by atoms with E-state index in [9.17, 15) is 4.79 Å². The maximum absolute atomic E-state index is 12.3. The summed E-state index contributed by atoms with van der Waals surface area (Å²) in [5.41, 5.74) is 3.75. The molecule has 0 saturated heterocycles. The number of aromatic nitrogens is 4. The van der Waals surface area contributed by atoms with Gasteiger partial charge in [-0.05, 0) is 37.3 Å². The van der Waals surface area contributed by atoms with E-state index in [0.717, 1.165) is 32.8 Å². The van der Waals surface area contributed by atoms with Crippen LogP contribution in [0.1, 0.15) is 16.3 Å². The third-order valence-electron chi connectivity index (χ3n) is 4.20. The normalized spacial score (nSPS) is 10.9. The van der Waals surface area contributed by atoms with Gasteiger partial charge in [-0.15, -0.1) is 21.5 Å². The Kier molecular flexibility index (Phi) is 6.47. The van der Waals surface area contributed by atoms with Gasteiger partial charge in [-0.3, -0.25) is 9.36 Å². The van der Waals surface area contributed by atoms with Gasteiger partial charge in [-0.25, -0.2) is 4.98 Å². The van der Waals surface area contributed by atoms with Crippen LogP contribution in [0.5, 0.6) is 0 Å². The van der Waals surface area contributed by atoms with E-state index in [4.69, 9.17) is 11.6 Å². The van der Waals surface area contributed by atoms with E-state index in [1.807, 2.05) is 65.4 Å². The molecule has 9 heteroatoms. The molecule has 6 nitrogen and oxygen atoms in total.